The first kappa shape index (κ1) is 20.9. The molecular formula is C27H28N2O2. The number of hydrogen-bond donors (Lipinski definition) is 0. The minimum atomic E-state index is -1.16. The third-order valence-electron chi connectivity index (χ3n) is 6.34. The Morgan fingerprint density at radius 1 is 1.00 bits per heavy atom. The van der Waals surface area contributed by atoms with Crippen LogP contribution in [0.15, 0.2) is 71.8 Å². The van der Waals surface area contributed by atoms with Crippen LogP contribution in [0.1, 0.15) is 40.9 Å². The smallest absolute Gasteiger partial charge is 0.199 e. The van der Waals surface area contributed by atoms with E-state index in [4.69, 9.17) is 0 Å². The molecule has 0 saturated heterocycles. The van der Waals surface area contributed by atoms with E-state index in [0.717, 1.165) is 28.1 Å². The summed E-state index contributed by atoms with van der Waals surface area (Å²) in [5, 5.41) is 12.0. The van der Waals surface area contributed by atoms with Gasteiger partial charge in [0.2, 0.25) is 0 Å². The van der Waals surface area contributed by atoms with Crippen LogP contribution in [-0.2, 0) is 5.41 Å². The quantitative estimate of drug-likeness (QED) is 0.726. The molecule has 0 spiro atoms. The normalized spacial score (nSPS) is 16.5. The van der Waals surface area contributed by atoms with Gasteiger partial charge < -0.3 is 14.8 Å². The Morgan fingerprint density at radius 2 is 1.71 bits per heavy atom. The van der Waals surface area contributed by atoms with Crippen molar-refractivity contribution in [1.82, 2.24) is 0 Å². The van der Waals surface area contributed by atoms with Gasteiger partial charge in [-0.2, -0.15) is 0 Å². The van der Waals surface area contributed by atoms with Gasteiger partial charge in [-0.05, 0) is 51.6 Å². The fourth-order valence-corrected chi connectivity index (χ4v) is 4.55. The minimum absolute atomic E-state index is 0.211. The van der Waals surface area contributed by atoms with Gasteiger partial charge in [0.15, 0.2) is 5.71 Å². The maximum atomic E-state index is 12.0. The van der Waals surface area contributed by atoms with E-state index >= 15 is 0 Å². The molecule has 158 valence electrons. The summed E-state index contributed by atoms with van der Waals surface area (Å²) in [4.78, 5) is 14.1. The number of carbonyl (C=O) groups excluding carboxylic acids is 1. The molecule has 4 nitrogen and oxygen atoms in total. The molecule has 2 aliphatic carbocycles. The number of nitrogens with zero attached hydrogens (tertiary/aromatic N) is 2. The van der Waals surface area contributed by atoms with E-state index in [-0.39, 0.29) is 11.0 Å². The van der Waals surface area contributed by atoms with Crippen LogP contribution in [0, 0.1) is 0 Å². The Kier molecular flexibility index (Phi) is 4.97. The first-order valence-corrected chi connectivity index (χ1v) is 10.4. The number of benzene rings is 2. The monoisotopic (exact) mass is 412 g/mol. The molecule has 0 radical (unpaired) electrons. The van der Waals surface area contributed by atoms with Crippen molar-refractivity contribution in [2.24, 2.45) is 0 Å². The fourth-order valence-electron chi connectivity index (χ4n) is 4.55. The van der Waals surface area contributed by atoms with Gasteiger partial charge in [-0.1, -0.05) is 44.2 Å². The zero-order valence-corrected chi connectivity index (χ0v) is 19.0. The van der Waals surface area contributed by atoms with E-state index < -0.39 is 5.97 Å². The molecule has 0 aromatic heterocycles. The Hall–Kier alpha value is -3.40. The van der Waals surface area contributed by atoms with E-state index in [1.54, 1.807) is 12.1 Å². The molecule has 0 N–H and O–H groups in total. The van der Waals surface area contributed by atoms with Gasteiger partial charge in [0, 0.05) is 42.9 Å². The first-order valence-electron chi connectivity index (χ1n) is 10.4. The van der Waals surface area contributed by atoms with Crippen LogP contribution in [0.3, 0.4) is 0 Å². The maximum Gasteiger partial charge on any atom is 0.199 e. The molecule has 4 rings (SSSR count). The second-order valence-electron chi connectivity index (χ2n) is 9.08. The molecule has 2 aromatic carbocycles. The molecular weight excluding hydrogens is 384 g/mol. The van der Waals surface area contributed by atoms with E-state index in [1.165, 1.54) is 11.1 Å². The summed E-state index contributed by atoms with van der Waals surface area (Å²) in [5.41, 5.74) is 8.33. The highest BCUT2D eigenvalue weighted by Gasteiger charge is 2.39. The lowest BCUT2D eigenvalue weighted by molar-refractivity contribution is -0.462. The van der Waals surface area contributed by atoms with Crippen LogP contribution in [-0.4, -0.2) is 44.4 Å². The summed E-state index contributed by atoms with van der Waals surface area (Å²) >= 11 is 0. The second kappa shape index (κ2) is 7.38. The highest BCUT2D eigenvalue weighted by atomic mass is 16.4. The van der Waals surface area contributed by atoms with Crippen LogP contribution < -0.4 is 10.0 Å². The van der Waals surface area contributed by atoms with Gasteiger partial charge in [0.25, 0.3) is 0 Å². The fraction of sp³-hybridized carbons (Fsp3) is 0.259. The Labute approximate surface area is 184 Å². The van der Waals surface area contributed by atoms with Gasteiger partial charge in [0.05, 0.1) is 5.97 Å². The largest absolute Gasteiger partial charge is 0.545 e. The van der Waals surface area contributed by atoms with Crippen molar-refractivity contribution in [3.8, 4) is 0 Å². The zero-order chi connectivity index (χ0) is 22.5. The highest BCUT2D eigenvalue weighted by molar-refractivity contribution is 6.08. The van der Waals surface area contributed by atoms with E-state index in [2.05, 4.69) is 59.8 Å². The number of fused-ring (bicyclic) bond motifs is 2. The number of carboxylic acid groups (broad SMARTS) is 1. The Balaban J connectivity index is 2.13. The molecule has 0 amide bonds. The molecule has 0 atom stereocenters. The zero-order valence-electron chi connectivity index (χ0n) is 19.0. The Bertz CT molecular complexity index is 1220. The van der Waals surface area contributed by atoms with Gasteiger partial charge in [0.1, 0.15) is 14.1 Å². The van der Waals surface area contributed by atoms with Gasteiger partial charge in [-0.15, -0.1) is 0 Å². The summed E-state index contributed by atoms with van der Waals surface area (Å²) in [5.74, 6) is -1.16. The standard InChI is InChI=1S/C27H28N2O2/c1-27(2)23-15-17(28(3)4)11-13-21(23)25(19-9-7-8-10-20(19)26(30)31)22-14-12-18(29(5)6)16-24(22)27/h7-16H,1-6H3. The number of allylic oxidation sites excluding steroid dienone is 5. The third kappa shape index (κ3) is 3.32. The predicted molar refractivity (Wildman–Crippen MR) is 125 cm³/mol. The summed E-state index contributed by atoms with van der Waals surface area (Å²) in [6, 6.07) is 13.6. The highest BCUT2D eigenvalue weighted by Crippen LogP contribution is 2.50. The molecule has 0 heterocycles. The van der Waals surface area contributed by atoms with E-state index in [1.807, 2.05) is 40.3 Å². The molecule has 2 aromatic rings. The SMILES string of the molecule is CN(C)c1ccc2c(c1)C(C)(C)C1=CC(=[N+](C)C)C=CC1=C2c1ccccc1C(=O)[O-]. The number of rotatable bonds is 3. The molecule has 31 heavy (non-hydrogen) atoms. The average Bonchev–Trinajstić information content (AvgIpc) is 2.73. The summed E-state index contributed by atoms with van der Waals surface area (Å²) < 4.78 is 2.09. The van der Waals surface area contributed by atoms with Gasteiger partial charge in [-0.3, -0.25) is 0 Å². The molecule has 0 aliphatic heterocycles. The average molecular weight is 413 g/mol. The van der Waals surface area contributed by atoms with Gasteiger partial charge >= 0.3 is 0 Å². The lowest BCUT2D eigenvalue weighted by Gasteiger charge is -2.39. The molecule has 2 aliphatic rings. The number of carbonyl (C=O) groups is 1. The number of anilines is 1. The number of hydrogen-bond acceptors (Lipinski definition) is 3. The van der Waals surface area contributed by atoms with Crippen molar-refractivity contribution >= 4 is 22.9 Å². The molecule has 4 heteroatoms. The van der Waals surface area contributed by atoms with E-state index in [0.29, 0.717) is 5.56 Å². The molecule has 0 fully saturated rings. The summed E-state index contributed by atoms with van der Waals surface area (Å²) in [6.07, 6.45) is 6.44. The van der Waals surface area contributed by atoms with Crippen molar-refractivity contribution in [2.75, 3.05) is 33.1 Å². The van der Waals surface area contributed by atoms with Gasteiger partial charge in [-0.25, -0.2) is 4.58 Å². The van der Waals surface area contributed by atoms with Crippen LogP contribution in [0.25, 0.3) is 5.57 Å². The first-order chi connectivity index (χ1) is 14.6. The lowest BCUT2D eigenvalue weighted by Crippen LogP contribution is -2.31. The maximum absolute atomic E-state index is 12.0. The van der Waals surface area contributed by atoms with Crippen molar-refractivity contribution < 1.29 is 14.5 Å². The van der Waals surface area contributed by atoms with Crippen molar-refractivity contribution in [2.45, 2.75) is 19.3 Å². The van der Waals surface area contributed by atoms with Crippen LogP contribution in [0.5, 0.6) is 0 Å². The van der Waals surface area contributed by atoms with Crippen LogP contribution in [0.4, 0.5) is 5.69 Å². The second-order valence-corrected chi connectivity index (χ2v) is 9.08. The third-order valence-corrected chi connectivity index (χ3v) is 6.34. The van der Waals surface area contributed by atoms with E-state index in [9.17, 15) is 9.90 Å². The van der Waals surface area contributed by atoms with Crippen molar-refractivity contribution in [3.05, 3.63) is 94.1 Å². The molecule has 0 saturated carbocycles. The van der Waals surface area contributed by atoms with Crippen LogP contribution >= 0.6 is 0 Å². The topological polar surface area (TPSA) is 46.4 Å². The predicted octanol–water partition coefficient (Wildman–Crippen LogP) is 3.42. The minimum Gasteiger partial charge on any atom is -0.545 e. The van der Waals surface area contributed by atoms with Crippen molar-refractivity contribution in [1.29, 1.82) is 0 Å². The Morgan fingerprint density at radius 3 is 2.35 bits per heavy atom. The lowest BCUT2D eigenvalue weighted by atomic mass is 9.64. The molecule has 0 unspecified atom stereocenters. The molecule has 0 bridgehead atoms. The van der Waals surface area contributed by atoms with Crippen molar-refractivity contribution in [3.63, 3.8) is 0 Å². The summed E-state index contributed by atoms with van der Waals surface area (Å²) in [6.45, 7) is 4.48. The number of carboxylic acids is 1. The number of aromatic carboxylic acids is 1. The van der Waals surface area contributed by atoms with Crippen LogP contribution in [0.2, 0.25) is 0 Å². The summed E-state index contributed by atoms with van der Waals surface area (Å²) in [7, 11) is 8.13.